The van der Waals surface area contributed by atoms with Crippen LogP contribution in [0, 0.1) is 0 Å². The number of halogens is 7. The number of nitrogens with zero attached hydrogens (tertiary/aromatic N) is 3. The number of amides is 2. The minimum atomic E-state index is -4.51. The van der Waals surface area contributed by atoms with Crippen LogP contribution in [0.4, 0.5) is 35.9 Å². The molecule has 2 unspecified atom stereocenters. The van der Waals surface area contributed by atoms with Crippen molar-refractivity contribution in [3.63, 3.8) is 0 Å². The lowest BCUT2D eigenvalue weighted by Crippen LogP contribution is -2.52. The molecular weight excluding hydrogens is 834 g/mol. The molecule has 0 radical (unpaired) electrons. The lowest BCUT2D eigenvalue weighted by atomic mass is 10.0. The highest BCUT2D eigenvalue weighted by Crippen LogP contribution is 2.34. The molecule has 0 aliphatic carbocycles. The van der Waals surface area contributed by atoms with Gasteiger partial charge in [0.25, 0.3) is 0 Å². The number of esters is 2. The van der Waals surface area contributed by atoms with Crippen molar-refractivity contribution in [1.29, 1.82) is 0 Å². The van der Waals surface area contributed by atoms with Crippen molar-refractivity contribution >= 4 is 40.1 Å². The molecule has 2 amide bonds. The van der Waals surface area contributed by atoms with E-state index in [-0.39, 0.29) is 22.8 Å². The highest BCUT2D eigenvalue weighted by atomic mass is 79.9. The Hall–Kier alpha value is -4.10. The van der Waals surface area contributed by atoms with Crippen LogP contribution in [0.15, 0.2) is 48.5 Å². The molecule has 2 aliphatic rings. The first-order chi connectivity index (χ1) is 26.3. The normalized spacial score (nSPS) is 16.4. The molecule has 2 fully saturated rings. The Morgan fingerprint density at radius 1 is 0.632 bits per heavy atom. The van der Waals surface area contributed by atoms with Gasteiger partial charge in [-0.1, -0.05) is 46.3 Å². The number of carbonyl (C=O) groups excluding carboxylic acids is 4. The molecule has 0 spiro atoms. The molecule has 57 heavy (non-hydrogen) atoms. The van der Waals surface area contributed by atoms with Crippen LogP contribution in [0.5, 0.6) is 0 Å². The lowest BCUT2D eigenvalue weighted by molar-refractivity contribution is -0.148. The lowest BCUT2D eigenvalue weighted by Gasteiger charge is -2.38. The van der Waals surface area contributed by atoms with Gasteiger partial charge in [-0.15, -0.1) is 0 Å². The molecule has 1 N–H and O–H groups in total. The van der Waals surface area contributed by atoms with Crippen molar-refractivity contribution in [2.45, 2.75) is 76.0 Å². The van der Waals surface area contributed by atoms with Crippen LogP contribution in [0.1, 0.15) is 74.7 Å². The summed E-state index contributed by atoms with van der Waals surface area (Å²) in [7, 11) is 2.37. The molecule has 12 nitrogen and oxygen atoms in total. The first-order valence-electron chi connectivity index (χ1n) is 17.8. The van der Waals surface area contributed by atoms with Crippen molar-refractivity contribution in [3.8, 4) is 0 Å². The van der Waals surface area contributed by atoms with Crippen molar-refractivity contribution in [3.05, 3.63) is 70.8 Å². The van der Waals surface area contributed by atoms with E-state index < -0.39 is 58.0 Å². The minimum absolute atomic E-state index is 0.200. The number of hydrogen-bond donors (Lipinski definition) is 1. The Labute approximate surface area is 337 Å². The summed E-state index contributed by atoms with van der Waals surface area (Å²) < 4.78 is 96.1. The number of methoxy groups -OCH3 is 2. The van der Waals surface area contributed by atoms with E-state index in [0.29, 0.717) is 26.2 Å². The number of ether oxygens (including phenoxy) is 4. The van der Waals surface area contributed by atoms with E-state index in [1.54, 1.807) is 30.6 Å². The predicted molar refractivity (Wildman–Crippen MR) is 201 cm³/mol. The molecular formula is C38H51BrF6N4O8. The summed E-state index contributed by atoms with van der Waals surface area (Å²) >= 11 is 2.97. The van der Waals surface area contributed by atoms with Gasteiger partial charge in [0.2, 0.25) is 0 Å². The molecule has 320 valence electrons. The van der Waals surface area contributed by atoms with Gasteiger partial charge in [-0.2, -0.15) is 26.3 Å². The van der Waals surface area contributed by atoms with Crippen molar-refractivity contribution < 1.29 is 64.5 Å². The Kier molecular flexibility index (Phi) is 18.1. The summed E-state index contributed by atoms with van der Waals surface area (Å²) in [6.45, 7) is 15.3. The number of hydrogen-bond acceptors (Lipinski definition) is 10. The van der Waals surface area contributed by atoms with Crippen LogP contribution in [0.2, 0.25) is 0 Å². The van der Waals surface area contributed by atoms with Gasteiger partial charge in [0.05, 0.1) is 25.3 Å². The fourth-order valence-electron chi connectivity index (χ4n) is 5.27. The summed E-state index contributed by atoms with van der Waals surface area (Å²) in [4.78, 5) is 51.2. The molecule has 2 aromatic carbocycles. The molecule has 0 bridgehead atoms. The fourth-order valence-corrected chi connectivity index (χ4v) is 5.74. The van der Waals surface area contributed by atoms with E-state index in [1.807, 2.05) is 20.8 Å². The third-order valence-corrected chi connectivity index (χ3v) is 8.87. The Balaban J connectivity index is 0.000000326. The second-order valence-corrected chi connectivity index (χ2v) is 15.7. The zero-order valence-corrected chi connectivity index (χ0v) is 34.8. The molecule has 19 heteroatoms. The minimum Gasteiger partial charge on any atom is -0.468 e. The number of nitrogens with one attached hydrogen (secondary N) is 1. The van der Waals surface area contributed by atoms with E-state index in [0.717, 1.165) is 50.4 Å². The van der Waals surface area contributed by atoms with Crippen LogP contribution in [0.25, 0.3) is 0 Å². The molecule has 2 aliphatic heterocycles. The summed E-state index contributed by atoms with van der Waals surface area (Å²) in [5.74, 6) is -1.29. The van der Waals surface area contributed by atoms with Crippen LogP contribution >= 0.6 is 15.9 Å². The van der Waals surface area contributed by atoms with Gasteiger partial charge in [0.1, 0.15) is 22.1 Å². The van der Waals surface area contributed by atoms with Gasteiger partial charge < -0.3 is 34.1 Å². The molecule has 2 saturated heterocycles. The van der Waals surface area contributed by atoms with Gasteiger partial charge in [0, 0.05) is 52.4 Å². The summed E-state index contributed by atoms with van der Waals surface area (Å²) in [5, 5.41) is 3.18. The standard InChI is InChI=1S/C19H25F3N2O4.C10H8BrF3O2.C9H18N2O2/c1-18(2,3)28-17(26)24-10-8-23(9-11-24)15(16(25)27-4)13-6-5-7-14(12-13)19(20,21)22;1-16-9(15)8(11)6-3-2-4-7(5-6)10(12,13)14;1-9(2,3)13-8(12)11-6-4-10-5-7-11/h5-7,12,15H,8-11H2,1-4H3;2-5,8H,1H3;10H,4-7H2,1-3H3. The molecule has 2 aromatic rings. The second-order valence-electron chi connectivity index (χ2n) is 14.8. The number of benzene rings is 2. The molecule has 4 rings (SSSR count). The molecule has 0 aromatic heterocycles. The molecule has 2 atom stereocenters. The number of alkyl halides is 7. The molecule has 2 heterocycles. The number of piperazine rings is 2. The third-order valence-electron chi connectivity index (χ3n) is 7.97. The van der Waals surface area contributed by atoms with Gasteiger partial charge in [0.15, 0.2) is 0 Å². The van der Waals surface area contributed by atoms with Gasteiger partial charge >= 0.3 is 36.5 Å². The van der Waals surface area contributed by atoms with Gasteiger partial charge in [-0.25, -0.2) is 14.4 Å². The quantitative estimate of drug-likeness (QED) is 0.139. The Morgan fingerprint density at radius 2 is 1.04 bits per heavy atom. The largest absolute Gasteiger partial charge is 0.468 e. The Bertz CT molecular complexity index is 1630. The van der Waals surface area contributed by atoms with E-state index in [9.17, 15) is 45.5 Å². The highest BCUT2D eigenvalue weighted by Gasteiger charge is 2.36. The fraction of sp³-hybridized carbons (Fsp3) is 0.579. The van der Waals surface area contributed by atoms with Gasteiger partial charge in [-0.05, 0) is 70.9 Å². The van der Waals surface area contributed by atoms with E-state index in [4.69, 9.17) is 14.2 Å². The average Bonchev–Trinajstić information content (AvgIpc) is 3.13. The Morgan fingerprint density at radius 3 is 1.44 bits per heavy atom. The summed E-state index contributed by atoms with van der Waals surface area (Å²) in [5.41, 5.74) is -2.22. The molecule has 0 saturated carbocycles. The van der Waals surface area contributed by atoms with Crippen molar-refractivity contribution in [1.82, 2.24) is 20.0 Å². The number of rotatable bonds is 5. The number of carbonyl (C=O) groups is 4. The van der Waals surface area contributed by atoms with E-state index in [2.05, 4.69) is 26.0 Å². The maximum absolute atomic E-state index is 13.0. The summed E-state index contributed by atoms with van der Waals surface area (Å²) in [6, 6.07) is 8.20. The topological polar surface area (TPSA) is 127 Å². The maximum Gasteiger partial charge on any atom is 0.416 e. The third kappa shape index (κ3) is 16.7. The SMILES string of the molecule is CC(C)(C)OC(=O)N1CCNCC1.COC(=O)C(Br)c1cccc(C(F)(F)F)c1.COC(=O)C(c1cccc(C(F)(F)F)c1)N1CCN(C(=O)OC(C)(C)C)CC1. The average molecular weight is 886 g/mol. The smallest absolute Gasteiger partial charge is 0.416 e. The van der Waals surface area contributed by atoms with Crippen molar-refractivity contribution in [2.24, 2.45) is 0 Å². The van der Waals surface area contributed by atoms with Crippen molar-refractivity contribution in [2.75, 3.05) is 66.6 Å². The first kappa shape index (κ1) is 49.0. The van der Waals surface area contributed by atoms with Crippen LogP contribution in [0.3, 0.4) is 0 Å². The zero-order chi connectivity index (χ0) is 43.4. The van der Waals surface area contributed by atoms with Crippen LogP contribution < -0.4 is 5.32 Å². The van der Waals surface area contributed by atoms with Crippen LogP contribution in [-0.2, 0) is 40.9 Å². The van der Waals surface area contributed by atoms with E-state index >= 15 is 0 Å². The monoisotopic (exact) mass is 884 g/mol. The van der Waals surface area contributed by atoms with Gasteiger partial charge in [-0.3, -0.25) is 9.69 Å². The van der Waals surface area contributed by atoms with E-state index in [1.165, 1.54) is 43.4 Å². The zero-order valence-electron chi connectivity index (χ0n) is 33.2. The highest BCUT2D eigenvalue weighted by molar-refractivity contribution is 9.09. The first-order valence-corrected chi connectivity index (χ1v) is 18.7. The van der Waals surface area contributed by atoms with Crippen LogP contribution in [-0.4, -0.2) is 117 Å². The summed E-state index contributed by atoms with van der Waals surface area (Å²) in [6.07, 6.45) is -9.58. The maximum atomic E-state index is 13.0. The second kappa shape index (κ2) is 21.1. The predicted octanol–water partition coefficient (Wildman–Crippen LogP) is 7.61.